The number of amides is 1. The molecule has 0 saturated heterocycles. The number of carbonyl (C=O) groups excluding carboxylic acids is 1. The molecule has 1 heterocycles. The first-order valence-corrected chi connectivity index (χ1v) is 5.16. The summed E-state index contributed by atoms with van der Waals surface area (Å²) in [6.45, 7) is 1.66. The highest BCUT2D eigenvalue weighted by Gasteiger charge is 2.18. The highest BCUT2D eigenvalue weighted by molar-refractivity contribution is 5.96. The minimum absolute atomic E-state index is 0.160. The van der Waals surface area contributed by atoms with Crippen molar-refractivity contribution in [1.29, 1.82) is 0 Å². The second kappa shape index (κ2) is 5.29. The van der Waals surface area contributed by atoms with Gasteiger partial charge in [-0.2, -0.15) is 0 Å². The SMILES string of the molecule is CC[C@@H](NC(=O)c1ccn(C)c(=O)c1)C(=O)O. The Labute approximate surface area is 97.9 Å². The van der Waals surface area contributed by atoms with E-state index in [2.05, 4.69) is 5.32 Å². The minimum atomic E-state index is -1.09. The maximum absolute atomic E-state index is 11.7. The number of rotatable bonds is 4. The molecule has 1 atom stereocenters. The molecular weight excluding hydrogens is 224 g/mol. The number of pyridine rings is 1. The molecule has 6 nitrogen and oxygen atoms in total. The molecule has 0 spiro atoms. The lowest BCUT2D eigenvalue weighted by atomic mass is 10.2. The van der Waals surface area contributed by atoms with Gasteiger partial charge < -0.3 is 15.0 Å². The Hall–Kier alpha value is -2.11. The lowest BCUT2D eigenvalue weighted by Gasteiger charge is -2.12. The van der Waals surface area contributed by atoms with Gasteiger partial charge in [-0.3, -0.25) is 9.59 Å². The van der Waals surface area contributed by atoms with Crippen LogP contribution in [0.5, 0.6) is 0 Å². The van der Waals surface area contributed by atoms with Gasteiger partial charge in [-0.05, 0) is 12.5 Å². The van der Waals surface area contributed by atoms with E-state index in [1.54, 1.807) is 14.0 Å². The van der Waals surface area contributed by atoms with Crippen molar-refractivity contribution >= 4 is 11.9 Å². The van der Waals surface area contributed by atoms with Crippen molar-refractivity contribution < 1.29 is 14.7 Å². The van der Waals surface area contributed by atoms with Crippen LogP contribution in [0.4, 0.5) is 0 Å². The number of nitrogens with one attached hydrogen (secondary N) is 1. The summed E-state index contributed by atoms with van der Waals surface area (Å²) >= 11 is 0. The first kappa shape index (κ1) is 13.0. The molecule has 0 aliphatic carbocycles. The second-order valence-corrected chi connectivity index (χ2v) is 3.64. The van der Waals surface area contributed by atoms with Crippen molar-refractivity contribution in [3.8, 4) is 0 Å². The van der Waals surface area contributed by atoms with Crippen LogP contribution in [0.25, 0.3) is 0 Å². The maximum Gasteiger partial charge on any atom is 0.326 e. The summed E-state index contributed by atoms with van der Waals surface area (Å²) in [7, 11) is 1.57. The van der Waals surface area contributed by atoms with Gasteiger partial charge in [-0.1, -0.05) is 6.92 Å². The molecule has 0 aliphatic heterocycles. The zero-order valence-electron chi connectivity index (χ0n) is 9.64. The smallest absolute Gasteiger partial charge is 0.326 e. The van der Waals surface area contributed by atoms with Crippen molar-refractivity contribution in [1.82, 2.24) is 9.88 Å². The highest BCUT2D eigenvalue weighted by atomic mass is 16.4. The number of nitrogens with zero attached hydrogens (tertiary/aromatic N) is 1. The average Bonchev–Trinajstić information content (AvgIpc) is 2.28. The predicted octanol–water partition coefficient (Wildman–Crippen LogP) is -0.0217. The summed E-state index contributed by atoms with van der Waals surface area (Å²) in [4.78, 5) is 33.7. The van der Waals surface area contributed by atoms with E-state index >= 15 is 0 Å². The molecule has 1 rings (SSSR count). The Bertz CT molecular complexity index is 492. The molecular formula is C11H14N2O4. The lowest BCUT2D eigenvalue weighted by Crippen LogP contribution is -2.40. The van der Waals surface area contributed by atoms with Crippen LogP contribution in [0.2, 0.25) is 0 Å². The van der Waals surface area contributed by atoms with E-state index in [4.69, 9.17) is 5.11 Å². The molecule has 0 saturated carbocycles. The Morgan fingerprint density at radius 1 is 1.53 bits per heavy atom. The van der Waals surface area contributed by atoms with Gasteiger partial charge in [0.1, 0.15) is 6.04 Å². The van der Waals surface area contributed by atoms with Gasteiger partial charge in [0, 0.05) is 24.9 Å². The van der Waals surface area contributed by atoms with Gasteiger partial charge in [0.25, 0.3) is 11.5 Å². The fourth-order valence-corrected chi connectivity index (χ4v) is 1.27. The van der Waals surface area contributed by atoms with Gasteiger partial charge in [-0.25, -0.2) is 4.79 Å². The summed E-state index contributed by atoms with van der Waals surface area (Å²) in [6.07, 6.45) is 1.74. The molecule has 1 aromatic heterocycles. The molecule has 17 heavy (non-hydrogen) atoms. The van der Waals surface area contributed by atoms with Crippen LogP contribution in [-0.4, -0.2) is 27.6 Å². The third kappa shape index (κ3) is 3.17. The van der Waals surface area contributed by atoms with E-state index in [1.165, 1.54) is 22.9 Å². The maximum atomic E-state index is 11.7. The van der Waals surface area contributed by atoms with Gasteiger partial charge in [0.15, 0.2) is 0 Å². The van der Waals surface area contributed by atoms with Crippen LogP contribution in [0.1, 0.15) is 23.7 Å². The standard InChI is InChI=1S/C11H14N2O4/c1-3-8(11(16)17)12-10(15)7-4-5-13(2)9(14)6-7/h4-6,8H,3H2,1-2H3,(H,12,15)(H,16,17)/t8-/m1/s1. The molecule has 0 bridgehead atoms. The number of hydrogen-bond donors (Lipinski definition) is 2. The van der Waals surface area contributed by atoms with Crippen LogP contribution in [0, 0.1) is 0 Å². The largest absolute Gasteiger partial charge is 0.480 e. The Morgan fingerprint density at radius 2 is 2.18 bits per heavy atom. The number of aromatic nitrogens is 1. The van der Waals surface area contributed by atoms with Gasteiger partial charge in [0.2, 0.25) is 0 Å². The predicted molar refractivity (Wildman–Crippen MR) is 60.9 cm³/mol. The molecule has 0 aliphatic rings. The molecule has 0 aromatic carbocycles. The number of aliphatic carboxylic acids is 1. The van der Waals surface area contributed by atoms with Crippen molar-refractivity contribution in [2.75, 3.05) is 0 Å². The van der Waals surface area contributed by atoms with Crippen LogP contribution in [-0.2, 0) is 11.8 Å². The van der Waals surface area contributed by atoms with Crippen molar-refractivity contribution in [2.45, 2.75) is 19.4 Å². The lowest BCUT2D eigenvalue weighted by molar-refractivity contribution is -0.139. The van der Waals surface area contributed by atoms with E-state index < -0.39 is 17.9 Å². The van der Waals surface area contributed by atoms with Crippen LogP contribution >= 0.6 is 0 Å². The molecule has 6 heteroatoms. The number of carboxylic acid groups (broad SMARTS) is 1. The quantitative estimate of drug-likeness (QED) is 0.771. The second-order valence-electron chi connectivity index (χ2n) is 3.64. The summed E-state index contributed by atoms with van der Waals surface area (Å²) in [5.41, 5.74) is -0.158. The fraction of sp³-hybridized carbons (Fsp3) is 0.364. The fourth-order valence-electron chi connectivity index (χ4n) is 1.27. The Balaban J connectivity index is 2.86. The molecule has 0 fully saturated rings. The van der Waals surface area contributed by atoms with Crippen LogP contribution in [0.15, 0.2) is 23.1 Å². The van der Waals surface area contributed by atoms with E-state index in [0.29, 0.717) is 0 Å². The summed E-state index contributed by atoms with van der Waals surface area (Å²) in [5.74, 6) is -1.65. The molecule has 1 aromatic rings. The van der Waals surface area contributed by atoms with Crippen molar-refractivity contribution in [2.24, 2.45) is 7.05 Å². The highest BCUT2D eigenvalue weighted by Crippen LogP contribution is 1.98. The van der Waals surface area contributed by atoms with Crippen molar-refractivity contribution in [3.05, 3.63) is 34.2 Å². The van der Waals surface area contributed by atoms with Gasteiger partial charge >= 0.3 is 5.97 Å². The molecule has 1 amide bonds. The minimum Gasteiger partial charge on any atom is -0.480 e. The number of hydrogen-bond acceptors (Lipinski definition) is 3. The average molecular weight is 238 g/mol. The Morgan fingerprint density at radius 3 is 2.65 bits per heavy atom. The first-order chi connectivity index (χ1) is 7.95. The van der Waals surface area contributed by atoms with E-state index in [1.807, 2.05) is 0 Å². The summed E-state index contributed by atoms with van der Waals surface area (Å²) < 4.78 is 1.32. The topological polar surface area (TPSA) is 88.4 Å². The third-order valence-corrected chi connectivity index (χ3v) is 2.38. The van der Waals surface area contributed by atoms with E-state index in [0.717, 1.165) is 0 Å². The zero-order chi connectivity index (χ0) is 13.0. The summed E-state index contributed by atoms with van der Waals surface area (Å²) in [5, 5.41) is 11.1. The molecule has 2 N–H and O–H groups in total. The van der Waals surface area contributed by atoms with Gasteiger partial charge in [0.05, 0.1) is 0 Å². The van der Waals surface area contributed by atoms with Crippen molar-refractivity contribution in [3.63, 3.8) is 0 Å². The number of aryl methyl sites for hydroxylation is 1. The molecule has 0 unspecified atom stereocenters. The number of carbonyl (C=O) groups is 2. The van der Waals surface area contributed by atoms with E-state index in [-0.39, 0.29) is 17.5 Å². The summed E-state index contributed by atoms with van der Waals surface area (Å²) in [6, 6.07) is 1.70. The zero-order valence-corrected chi connectivity index (χ0v) is 9.64. The third-order valence-electron chi connectivity index (χ3n) is 2.38. The first-order valence-electron chi connectivity index (χ1n) is 5.16. The normalized spacial score (nSPS) is 11.9. The Kier molecular flexibility index (Phi) is 4.03. The van der Waals surface area contributed by atoms with Crippen LogP contribution < -0.4 is 10.9 Å². The molecule has 0 radical (unpaired) electrons. The monoisotopic (exact) mass is 238 g/mol. The van der Waals surface area contributed by atoms with Crippen LogP contribution in [0.3, 0.4) is 0 Å². The molecule has 92 valence electrons. The number of carboxylic acids is 1. The van der Waals surface area contributed by atoms with E-state index in [9.17, 15) is 14.4 Å². The van der Waals surface area contributed by atoms with Gasteiger partial charge in [-0.15, -0.1) is 0 Å².